The molecule has 0 spiro atoms. The second kappa shape index (κ2) is 8.80. The van der Waals surface area contributed by atoms with Crippen LogP contribution < -0.4 is 5.06 Å². The van der Waals surface area contributed by atoms with Gasteiger partial charge < -0.3 is 4.57 Å². The topological polar surface area (TPSA) is 67.1 Å². The van der Waals surface area contributed by atoms with Crippen molar-refractivity contribution >= 4 is 17.0 Å². The summed E-state index contributed by atoms with van der Waals surface area (Å²) in [5.74, 6) is 0.621. The Morgan fingerprint density at radius 3 is 2.31 bits per heavy atom. The largest absolute Gasteiger partial charge is 0.326 e. The summed E-state index contributed by atoms with van der Waals surface area (Å²) in [7, 11) is 0. The van der Waals surface area contributed by atoms with E-state index in [4.69, 9.17) is 0 Å². The monoisotopic (exact) mass is 359 g/mol. The molecule has 0 saturated heterocycles. The molecule has 144 valence electrons. The Morgan fingerprint density at radius 1 is 0.962 bits per heavy atom. The van der Waals surface area contributed by atoms with Gasteiger partial charge in [0.2, 0.25) is 0 Å². The maximum absolute atomic E-state index is 11.3. The van der Waals surface area contributed by atoms with Crippen molar-refractivity contribution in [1.29, 1.82) is 0 Å². The van der Waals surface area contributed by atoms with E-state index in [1.54, 1.807) is 0 Å². The number of nitrogens with zero attached hydrogens (tertiary/aromatic N) is 5. The third kappa shape index (κ3) is 3.85. The van der Waals surface area contributed by atoms with E-state index >= 15 is 0 Å². The molecule has 6 nitrogen and oxygen atoms in total. The molecule has 0 saturated carbocycles. The number of hydrogen-bond acceptors (Lipinski definition) is 5. The zero-order chi connectivity index (χ0) is 18.4. The van der Waals surface area contributed by atoms with Crippen molar-refractivity contribution in [3.05, 3.63) is 12.7 Å². The minimum absolute atomic E-state index is 0.234. The van der Waals surface area contributed by atoms with Crippen molar-refractivity contribution < 1.29 is 5.21 Å². The molecule has 0 aromatic carbocycles. The number of unbranched alkanes of at least 4 members (excludes halogenated alkanes) is 6. The van der Waals surface area contributed by atoms with Crippen LogP contribution in [0.5, 0.6) is 0 Å². The van der Waals surface area contributed by atoms with E-state index in [2.05, 4.69) is 33.4 Å². The minimum Gasteiger partial charge on any atom is -0.326 e. The first kappa shape index (κ1) is 19.1. The molecule has 6 heteroatoms. The van der Waals surface area contributed by atoms with Crippen LogP contribution in [0.15, 0.2) is 12.7 Å². The lowest BCUT2D eigenvalue weighted by Crippen LogP contribution is -2.47. The second-order valence-corrected chi connectivity index (χ2v) is 7.71. The highest BCUT2D eigenvalue weighted by molar-refractivity contribution is 5.83. The lowest BCUT2D eigenvalue weighted by atomic mass is 9.83. The third-order valence-corrected chi connectivity index (χ3v) is 5.85. The van der Waals surface area contributed by atoms with Gasteiger partial charge >= 0.3 is 0 Å². The Labute approximate surface area is 156 Å². The second-order valence-electron chi connectivity index (χ2n) is 7.71. The summed E-state index contributed by atoms with van der Waals surface area (Å²) in [6.07, 6.45) is 16.1. The number of rotatable bonds is 10. The van der Waals surface area contributed by atoms with Gasteiger partial charge in [0.05, 0.1) is 11.9 Å². The molecule has 2 aromatic heterocycles. The lowest BCUT2D eigenvalue weighted by Gasteiger charge is -2.40. The Hall–Kier alpha value is -1.69. The van der Waals surface area contributed by atoms with Crippen molar-refractivity contribution in [2.75, 3.05) is 5.06 Å². The van der Waals surface area contributed by atoms with Crippen LogP contribution in [0.4, 0.5) is 5.82 Å². The van der Waals surface area contributed by atoms with Gasteiger partial charge in [0, 0.05) is 6.54 Å². The standard InChI is InChI=1S/C20H33N5O/c1-3-5-7-9-11-20(12-10-8-6-4-2)13-14-24-16-23-18-17(24)19(25(20)26)22-15-21-18/h15-16,26H,3-14H2,1-2H3. The molecule has 3 rings (SSSR count). The molecule has 1 aliphatic rings. The van der Waals surface area contributed by atoms with E-state index in [1.165, 1.54) is 49.9 Å². The predicted octanol–water partition coefficient (Wildman–Crippen LogP) is 5.11. The maximum Gasteiger partial charge on any atom is 0.183 e. The Morgan fingerprint density at radius 2 is 1.65 bits per heavy atom. The zero-order valence-corrected chi connectivity index (χ0v) is 16.3. The molecular weight excluding hydrogens is 326 g/mol. The van der Waals surface area contributed by atoms with Crippen molar-refractivity contribution in [3.8, 4) is 0 Å². The fourth-order valence-electron chi connectivity index (χ4n) is 4.23. The summed E-state index contributed by atoms with van der Waals surface area (Å²) in [5, 5.41) is 12.8. The molecule has 0 radical (unpaired) electrons. The average molecular weight is 360 g/mol. The number of aromatic nitrogens is 4. The van der Waals surface area contributed by atoms with Crippen LogP contribution >= 0.6 is 0 Å². The molecule has 2 aromatic rings. The van der Waals surface area contributed by atoms with Crippen molar-refractivity contribution in [2.45, 2.75) is 96.6 Å². The number of imidazole rings is 1. The van der Waals surface area contributed by atoms with E-state index in [-0.39, 0.29) is 5.54 Å². The van der Waals surface area contributed by atoms with Crippen molar-refractivity contribution in [1.82, 2.24) is 19.5 Å². The van der Waals surface area contributed by atoms with Crippen LogP contribution in [-0.4, -0.2) is 30.3 Å². The van der Waals surface area contributed by atoms with Gasteiger partial charge in [-0.3, -0.25) is 5.21 Å². The number of anilines is 1. The zero-order valence-electron chi connectivity index (χ0n) is 16.3. The number of aryl methyl sites for hydroxylation is 1. The van der Waals surface area contributed by atoms with Crippen molar-refractivity contribution in [2.24, 2.45) is 0 Å². The summed E-state index contributed by atoms with van der Waals surface area (Å²) in [6, 6.07) is 0. The van der Waals surface area contributed by atoms with Gasteiger partial charge in [-0.25, -0.2) is 20.0 Å². The first-order chi connectivity index (χ1) is 12.7. The summed E-state index contributed by atoms with van der Waals surface area (Å²) < 4.78 is 2.10. The van der Waals surface area contributed by atoms with E-state index in [1.807, 2.05) is 6.33 Å². The molecule has 3 heterocycles. The molecule has 0 amide bonds. The van der Waals surface area contributed by atoms with Gasteiger partial charge in [0.25, 0.3) is 0 Å². The first-order valence-electron chi connectivity index (χ1n) is 10.4. The molecule has 1 N–H and O–H groups in total. The van der Waals surface area contributed by atoms with Gasteiger partial charge in [0.1, 0.15) is 11.8 Å². The lowest BCUT2D eigenvalue weighted by molar-refractivity contribution is 0.116. The van der Waals surface area contributed by atoms with Gasteiger partial charge in [-0.1, -0.05) is 65.2 Å². The summed E-state index contributed by atoms with van der Waals surface area (Å²) in [4.78, 5) is 13.1. The van der Waals surface area contributed by atoms with Crippen LogP contribution in [0.3, 0.4) is 0 Å². The highest BCUT2D eigenvalue weighted by Gasteiger charge is 2.39. The molecule has 0 fully saturated rings. The molecule has 0 atom stereocenters. The van der Waals surface area contributed by atoms with Crippen LogP contribution in [0.1, 0.15) is 84.5 Å². The molecule has 1 aliphatic heterocycles. The van der Waals surface area contributed by atoms with Gasteiger partial charge in [0.15, 0.2) is 11.5 Å². The highest BCUT2D eigenvalue weighted by atomic mass is 16.5. The van der Waals surface area contributed by atoms with E-state index in [0.29, 0.717) is 11.5 Å². The molecular formula is C20H33N5O. The van der Waals surface area contributed by atoms with Gasteiger partial charge in [-0.05, 0) is 19.3 Å². The van der Waals surface area contributed by atoms with Crippen LogP contribution in [0.25, 0.3) is 11.2 Å². The highest BCUT2D eigenvalue weighted by Crippen LogP contribution is 2.39. The molecule has 26 heavy (non-hydrogen) atoms. The maximum atomic E-state index is 11.3. The smallest absolute Gasteiger partial charge is 0.183 e. The summed E-state index contributed by atoms with van der Waals surface area (Å²) >= 11 is 0. The fraction of sp³-hybridized carbons (Fsp3) is 0.750. The van der Waals surface area contributed by atoms with Gasteiger partial charge in [-0.2, -0.15) is 0 Å². The van der Waals surface area contributed by atoms with E-state index in [9.17, 15) is 5.21 Å². The predicted molar refractivity (Wildman–Crippen MR) is 104 cm³/mol. The SMILES string of the molecule is CCCCCCC1(CCCCCC)CCn2cnc3ncnc(c32)N1O. The van der Waals surface area contributed by atoms with Crippen LogP contribution in [0.2, 0.25) is 0 Å². The number of hydrogen-bond donors (Lipinski definition) is 1. The van der Waals surface area contributed by atoms with E-state index in [0.717, 1.165) is 44.2 Å². The average Bonchev–Trinajstić information content (AvgIpc) is 3.04. The Kier molecular flexibility index (Phi) is 6.46. The number of hydroxylamine groups is 1. The minimum atomic E-state index is -0.234. The van der Waals surface area contributed by atoms with Crippen LogP contribution in [0, 0.1) is 0 Å². The quantitative estimate of drug-likeness (QED) is 0.597. The van der Waals surface area contributed by atoms with Crippen molar-refractivity contribution in [3.63, 3.8) is 0 Å². The third-order valence-electron chi connectivity index (χ3n) is 5.85. The molecule has 0 unspecified atom stereocenters. The van der Waals surface area contributed by atoms with Gasteiger partial charge in [-0.15, -0.1) is 0 Å². The van der Waals surface area contributed by atoms with E-state index < -0.39 is 0 Å². The normalized spacial score (nSPS) is 16.2. The first-order valence-corrected chi connectivity index (χ1v) is 10.4. The van der Waals surface area contributed by atoms with Crippen LogP contribution in [-0.2, 0) is 6.54 Å². The summed E-state index contributed by atoms with van der Waals surface area (Å²) in [5.41, 5.74) is 1.29. The molecule has 0 bridgehead atoms. The molecule has 0 aliphatic carbocycles. The summed E-state index contributed by atoms with van der Waals surface area (Å²) in [6.45, 7) is 5.33. The Bertz CT molecular complexity index is 687. The Balaban J connectivity index is 1.85. The fourth-order valence-corrected chi connectivity index (χ4v) is 4.23.